The van der Waals surface area contributed by atoms with Gasteiger partial charge < -0.3 is 5.32 Å². The maximum Gasteiger partial charge on any atom is 0.133 e. The zero-order chi connectivity index (χ0) is 13.2. The summed E-state index contributed by atoms with van der Waals surface area (Å²) in [5, 5.41) is 8.36. The van der Waals surface area contributed by atoms with Crippen LogP contribution in [0.1, 0.15) is 31.0 Å². The number of aromatic nitrogens is 2. The van der Waals surface area contributed by atoms with Crippen LogP contribution in [0.3, 0.4) is 0 Å². The quantitative estimate of drug-likeness (QED) is 0.908. The molecule has 0 bridgehead atoms. The number of rotatable bonds is 2. The van der Waals surface area contributed by atoms with Gasteiger partial charge in [-0.1, -0.05) is 19.1 Å². The smallest absolute Gasteiger partial charge is 0.133 e. The van der Waals surface area contributed by atoms with Gasteiger partial charge in [0.1, 0.15) is 5.82 Å². The summed E-state index contributed by atoms with van der Waals surface area (Å²) in [7, 11) is 0. The number of aryl methyl sites for hydroxylation is 1. The Balaban J connectivity index is 2.16. The molecule has 2 heterocycles. The molecule has 3 nitrogen and oxygen atoms in total. The van der Waals surface area contributed by atoms with Crippen molar-refractivity contribution in [2.45, 2.75) is 32.6 Å². The molecule has 100 valence electrons. The molecule has 0 radical (unpaired) electrons. The van der Waals surface area contributed by atoms with E-state index in [4.69, 9.17) is 5.10 Å². The number of hydrogen-bond acceptors (Lipinski definition) is 2. The Hall–Kier alpha value is -1.29. The van der Waals surface area contributed by atoms with Crippen LogP contribution < -0.4 is 5.32 Å². The number of anilines is 1. The standard InChI is InChI=1S/C15H18BrN3/c1-2-13-11-7-5-6-10-17-15(11)19(18-13)14-9-4-3-8-12(14)16/h3-4,8-9,17H,2,5-7,10H2,1H3. The number of halogens is 1. The van der Waals surface area contributed by atoms with Crippen molar-refractivity contribution >= 4 is 21.7 Å². The van der Waals surface area contributed by atoms with Crippen LogP contribution in [0.4, 0.5) is 5.82 Å². The lowest BCUT2D eigenvalue weighted by Crippen LogP contribution is -2.07. The van der Waals surface area contributed by atoms with Gasteiger partial charge in [0.2, 0.25) is 0 Å². The molecule has 1 aliphatic heterocycles. The van der Waals surface area contributed by atoms with E-state index in [9.17, 15) is 0 Å². The third-order valence-electron chi connectivity index (χ3n) is 3.63. The number of fused-ring (bicyclic) bond motifs is 1. The molecule has 0 saturated carbocycles. The molecule has 1 aliphatic rings. The zero-order valence-electron chi connectivity index (χ0n) is 11.1. The molecular weight excluding hydrogens is 302 g/mol. The van der Waals surface area contributed by atoms with Gasteiger partial charge in [-0.3, -0.25) is 0 Å². The van der Waals surface area contributed by atoms with Crippen molar-refractivity contribution in [2.24, 2.45) is 0 Å². The monoisotopic (exact) mass is 319 g/mol. The molecule has 0 unspecified atom stereocenters. The average Bonchev–Trinajstić information content (AvgIpc) is 2.61. The van der Waals surface area contributed by atoms with Gasteiger partial charge in [0.05, 0.1) is 11.4 Å². The Morgan fingerprint density at radius 3 is 2.95 bits per heavy atom. The van der Waals surface area contributed by atoms with Crippen LogP contribution in [0.15, 0.2) is 28.7 Å². The second-order valence-electron chi connectivity index (χ2n) is 4.87. The summed E-state index contributed by atoms with van der Waals surface area (Å²) in [4.78, 5) is 0. The van der Waals surface area contributed by atoms with Crippen LogP contribution in [0.25, 0.3) is 5.69 Å². The summed E-state index contributed by atoms with van der Waals surface area (Å²) in [6.45, 7) is 3.21. The molecule has 0 fully saturated rings. The predicted octanol–water partition coefficient (Wildman–Crippen LogP) is 3.95. The summed E-state index contributed by atoms with van der Waals surface area (Å²) in [5.74, 6) is 1.18. The van der Waals surface area contributed by atoms with Crippen molar-refractivity contribution in [1.29, 1.82) is 0 Å². The summed E-state index contributed by atoms with van der Waals surface area (Å²) in [5.41, 5.74) is 3.73. The molecule has 0 aliphatic carbocycles. The van der Waals surface area contributed by atoms with Crippen LogP contribution in [-0.2, 0) is 12.8 Å². The number of nitrogens with one attached hydrogen (secondary N) is 1. The van der Waals surface area contributed by atoms with Gasteiger partial charge in [0.15, 0.2) is 0 Å². The first-order chi connectivity index (χ1) is 9.31. The van der Waals surface area contributed by atoms with Gasteiger partial charge in [0, 0.05) is 16.6 Å². The Morgan fingerprint density at radius 1 is 1.32 bits per heavy atom. The normalized spacial score (nSPS) is 14.6. The van der Waals surface area contributed by atoms with E-state index < -0.39 is 0 Å². The maximum absolute atomic E-state index is 4.81. The van der Waals surface area contributed by atoms with Crippen LogP contribution in [-0.4, -0.2) is 16.3 Å². The minimum absolute atomic E-state index is 0.988. The van der Waals surface area contributed by atoms with Crippen LogP contribution in [0.2, 0.25) is 0 Å². The first kappa shape index (κ1) is 12.7. The van der Waals surface area contributed by atoms with Crippen molar-refractivity contribution in [2.75, 3.05) is 11.9 Å². The van der Waals surface area contributed by atoms with E-state index in [1.807, 2.05) is 6.07 Å². The van der Waals surface area contributed by atoms with Gasteiger partial charge in [-0.2, -0.15) is 5.10 Å². The molecule has 0 saturated heterocycles. The highest BCUT2D eigenvalue weighted by Gasteiger charge is 2.20. The van der Waals surface area contributed by atoms with Gasteiger partial charge in [-0.25, -0.2) is 4.68 Å². The molecule has 3 rings (SSSR count). The lowest BCUT2D eigenvalue weighted by Gasteiger charge is -2.10. The molecule has 4 heteroatoms. The lowest BCUT2D eigenvalue weighted by molar-refractivity contribution is 0.764. The number of hydrogen-bond donors (Lipinski definition) is 1. The predicted molar refractivity (Wildman–Crippen MR) is 82.1 cm³/mol. The minimum Gasteiger partial charge on any atom is -0.370 e. The van der Waals surface area contributed by atoms with E-state index in [1.54, 1.807) is 0 Å². The van der Waals surface area contributed by atoms with Crippen molar-refractivity contribution in [3.63, 3.8) is 0 Å². The topological polar surface area (TPSA) is 29.9 Å². The highest BCUT2D eigenvalue weighted by atomic mass is 79.9. The molecule has 0 atom stereocenters. The third kappa shape index (κ3) is 2.29. The second-order valence-corrected chi connectivity index (χ2v) is 5.73. The van der Waals surface area contributed by atoms with Gasteiger partial charge >= 0.3 is 0 Å². The summed E-state index contributed by atoms with van der Waals surface area (Å²) in [6, 6.07) is 8.25. The van der Waals surface area contributed by atoms with Crippen LogP contribution in [0.5, 0.6) is 0 Å². The van der Waals surface area contributed by atoms with E-state index in [0.29, 0.717) is 0 Å². The van der Waals surface area contributed by atoms with Gasteiger partial charge in [-0.15, -0.1) is 0 Å². The first-order valence-corrected chi connectivity index (χ1v) is 7.70. The highest BCUT2D eigenvalue weighted by molar-refractivity contribution is 9.10. The molecular formula is C15H18BrN3. The minimum atomic E-state index is 0.988. The van der Waals surface area contributed by atoms with E-state index >= 15 is 0 Å². The van der Waals surface area contributed by atoms with E-state index in [-0.39, 0.29) is 0 Å². The SMILES string of the molecule is CCc1nn(-c2ccccc2Br)c2c1CCCCN2. The molecule has 1 N–H and O–H groups in total. The largest absolute Gasteiger partial charge is 0.370 e. The number of benzene rings is 1. The Morgan fingerprint density at radius 2 is 2.16 bits per heavy atom. The van der Waals surface area contributed by atoms with Crippen molar-refractivity contribution in [3.8, 4) is 5.69 Å². The summed E-state index contributed by atoms with van der Waals surface area (Å²) in [6.07, 6.45) is 4.60. The van der Waals surface area contributed by atoms with Crippen molar-refractivity contribution in [1.82, 2.24) is 9.78 Å². The Kier molecular flexibility index (Phi) is 3.60. The third-order valence-corrected chi connectivity index (χ3v) is 4.30. The number of para-hydroxylation sites is 1. The first-order valence-electron chi connectivity index (χ1n) is 6.90. The molecule has 2 aromatic rings. The lowest BCUT2D eigenvalue weighted by atomic mass is 10.1. The fourth-order valence-corrected chi connectivity index (χ4v) is 3.11. The number of nitrogens with zero attached hydrogens (tertiary/aromatic N) is 2. The van der Waals surface area contributed by atoms with Crippen molar-refractivity contribution in [3.05, 3.63) is 40.0 Å². The van der Waals surface area contributed by atoms with Crippen molar-refractivity contribution < 1.29 is 0 Å². The average molecular weight is 320 g/mol. The van der Waals surface area contributed by atoms with Gasteiger partial charge in [0.25, 0.3) is 0 Å². The van der Waals surface area contributed by atoms with Crippen LogP contribution in [0, 0.1) is 0 Å². The van der Waals surface area contributed by atoms with E-state index in [1.165, 1.54) is 29.9 Å². The summed E-state index contributed by atoms with van der Waals surface area (Å²) >= 11 is 3.62. The molecule has 0 amide bonds. The van der Waals surface area contributed by atoms with Crippen LogP contribution >= 0.6 is 15.9 Å². The molecule has 1 aromatic carbocycles. The summed E-state index contributed by atoms with van der Waals surface area (Å²) < 4.78 is 3.14. The molecule has 0 spiro atoms. The zero-order valence-corrected chi connectivity index (χ0v) is 12.7. The maximum atomic E-state index is 4.81. The molecule has 1 aromatic heterocycles. The van der Waals surface area contributed by atoms with E-state index in [2.05, 4.69) is 51.1 Å². The second kappa shape index (κ2) is 5.37. The Labute approximate surface area is 122 Å². The fourth-order valence-electron chi connectivity index (χ4n) is 2.66. The Bertz CT molecular complexity index is 589. The molecule has 19 heavy (non-hydrogen) atoms. The van der Waals surface area contributed by atoms with E-state index in [0.717, 1.165) is 29.5 Å². The fraction of sp³-hybridized carbons (Fsp3) is 0.400. The van der Waals surface area contributed by atoms with Gasteiger partial charge in [-0.05, 0) is 53.7 Å². The highest BCUT2D eigenvalue weighted by Crippen LogP contribution is 2.30.